The van der Waals surface area contributed by atoms with Crippen molar-refractivity contribution in [2.75, 3.05) is 19.6 Å². The number of benzene rings is 1. The van der Waals surface area contributed by atoms with Crippen LogP contribution < -0.4 is 5.32 Å². The van der Waals surface area contributed by atoms with Gasteiger partial charge in [-0.3, -0.25) is 9.59 Å². The van der Waals surface area contributed by atoms with Crippen molar-refractivity contribution in [1.29, 1.82) is 0 Å². The number of nitrogens with zero attached hydrogens (tertiary/aromatic N) is 2. The van der Waals surface area contributed by atoms with Gasteiger partial charge in [0.2, 0.25) is 0 Å². The molecule has 1 aromatic carbocycles. The van der Waals surface area contributed by atoms with Crippen LogP contribution in [0.5, 0.6) is 0 Å². The van der Waals surface area contributed by atoms with Crippen LogP contribution in [-0.4, -0.2) is 69.8 Å². The van der Waals surface area contributed by atoms with Crippen molar-refractivity contribution in [3.63, 3.8) is 0 Å². The Labute approximate surface area is 253 Å². The van der Waals surface area contributed by atoms with Crippen LogP contribution in [0.3, 0.4) is 0 Å². The number of ketones is 2. The third kappa shape index (κ3) is 9.84. The molecule has 2 aliphatic heterocycles. The molecule has 42 heavy (non-hydrogen) atoms. The average Bonchev–Trinajstić information content (AvgIpc) is 2.83. The number of unbranched alkanes of at least 4 members (excludes halogenated alkanes) is 1. The van der Waals surface area contributed by atoms with Crippen LogP contribution in [0.2, 0.25) is 0 Å². The zero-order valence-corrected chi connectivity index (χ0v) is 28.0. The maximum atomic E-state index is 12.5. The van der Waals surface area contributed by atoms with Crippen LogP contribution >= 0.6 is 0 Å². The topological polar surface area (TPSA) is 96.0 Å². The number of carbonyl (C=O) groups is 4. The van der Waals surface area contributed by atoms with Gasteiger partial charge in [0.05, 0.1) is 0 Å². The summed E-state index contributed by atoms with van der Waals surface area (Å²) in [6.07, 6.45) is 3.50. The fourth-order valence-electron chi connectivity index (χ4n) is 5.22. The highest BCUT2D eigenvalue weighted by Gasteiger charge is 2.47. The first-order valence-electron chi connectivity index (χ1n) is 15.2. The summed E-state index contributed by atoms with van der Waals surface area (Å²) in [6, 6.07) is 10.3. The standard InChI is InChI=1S/C20H30N2O2.C14H25NO3/c1-19(2)15-22(20(3,4)14-17(19)23)18(24)21-13-9-8-12-16-10-6-5-7-11-16;1-12(2,3)18-11(17)15-9-13(4,5)10(16)8-14(15,6)7/h5-7,10-11H,8-9,12-15H2,1-4H3,(H,21,24);8-9H2,1-7H3. The van der Waals surface area contributed by atoms with Crippen molar-refractivity contribution in [2.45, 2.75) is 125 Å². The lowest BCUT2D eigenvalue weighted by molar-refractivity contribution is -0.137. The molecular weight excluding hydrogens is 530 g/mol. The van der Waals surface area contributed by atoms with Gasteiger partial charge in [0.1, 0.15) is 17.2 Å². The van der Waals surface area contributed by atoms with Gasteiger partial charge in [0.25, 0.3) is 0 Å². The summed E-state index contributed by atoms with van der Waals surface area (Å²) in [5.74, 6) is 0.437. The minimum absolute atomic E-state index is 0.0553. The monoisotopic (exact) mass is 585 g/mol. The van der Waals surface area contributed by atoms with Gasteiger partial charge in [0.15, 0.2) is 0 Å². The van der Waals surface area contributed by atoms with Gasteiger partial charge in [-0.2, -0.15) is 0 Å². The van der Waals surface area contributed by atoms with Gasteiger partial charge in [-0.1, -0.05) is 58.0 Å². The Bertz CT molecular complexity index is 1120. The third-order valence-electron chi connectivity index (χ3n) is 8.13. The number of aryl methyl sites for hydroxylation is 1. The fraction of sp³-hybridized carbons (Fsp3) is 0.706. The lowest BCUT2D eigenvalue weighted by Gasteiger charge is -2.47. The zero-order valence-electron chi connectivity index (χ0n) is 28.0. The minimum Gasteiger partial charge on any atom is -0.444 e. The number of amides is 3. The number of piperidine rings is 2. The molecule has 2 saturated heterocycles. The van der Waals surface area contributed by atoms with E-state index in [1.165, 1.54) is 5.56 Å². The molecule has 3 amide bonds. The Hall–Kier alpha value is -2.90. The second-order valence-electron chi connectivity index (χ2n) is 15.4. The van der Waals surface area contributed by atoms with E-state index in [1.807, 2.05) is 87.1 Å². The van der Waals surface area contributed by atoms with Crippen molar-refractivity contribution < 1.29 is 23.9 Å². The predicted molar refractivity (Wildman–Crippen MR) is 167 cm³/mol. The van der Waals surface area contributed by atoms with E-state index in [9.17, 15) is 19.2 Å². The molecule has 3 rings (SSSR count). The number of Topliss-reactive ketones (excluding diaryl/α,β-unsaturated/α-hetero) is 2. The minimum atomic E-state index is -0.515. The van der Waals surface area contributed by atoms with Crippen LogP contribution in [0.4, 0.5) is 9.59 Å². The van der Waals surface area contributed by atoms with Crippen molar-refractivity contribution in [1.82, 2.24) is 15.1 Å². The summed E-state index contributed by atoms with van der Waals surface area (Å²) in [5, 5.41) is 3.02. The van der Waals surface area contributed by atoms with E-state index in [0.717, 1.165) is 19.3 Å². The molecule has 0 unspecified atom stereocenters. The third-order valence-corrected chi connectivity index (χ3v) is 8.13. The smallest absolute Gasteiger partial charge is 0.410 e. The summed E-state index contributed by atoms with van der Waals surface area (Å²) in [6.45, 7) is 22.4. The summed E-state index contributed by atoms with van der Waals surface area (Å²) < 4.78 is 5.42. The first-order chi connectivity index (χ1) is 19.1. The van der Waals surface area contributed by atoms with Crippen LogP contribution in [0.1, 0.15) is 107 Å². The number of urea groups is 1. The Kier molecular flexibility index (Phi) is 11.1. The van der Waals surface area contributed by atoms with Gasteiger partial charge < -0.3 is 19.9 Å². The molecule has 236 valence electrons. The average molecular weight is 586 g/mol. The summed E-state index contributed by atoms with van der Waals surface area (Å²) in [4.78, 5) is 52.4. The molecule has 0 radical (unpaired) electrons. The molecule has 0 spiro atoms. The molecule has 2 fully saturated rings. The molecule has 0 aromatic heterocycles. The van der Waals surface area contributed by atoms with E-state index in [0.29, 0.717) is 32.5 Å². The van der Waals surface area contributed by atoms with Gasteiger partial charge >= 0.3 is 12.1 Å². The second-order valence-corrected chi connectivity index (χ2v) is 15.4. The van der Waals surface area contributed by atoms with E-state index in [2.05, 4.69) is 29.6 Å². The molecule has 0 bridgehead atoms. The predicted octanol–water partition coefficient (Wildman–Crippen LogP) is 6.80. The number of rotatable bonds is 5. The van der Waals surface area contributed by atoms with E-state index in [4.69, 9.17) is 4.74 Å². The number of likely N-dealkylation sites (tertiary alicyclic amines) is 2. The largest absolute Gasteiger partial charge is 0.444 e. The highest BCUT2D eigenvalue weighted by molar-refractivity contribution is 5.89. The molecule has 8 nitrogen and oxygen atoms in total. The van der Waals surface area contributed by atoms with E-state index >= 15 is 0 Å². The lowest BCUT2D eigenvalue weighted by atomic mass is 9.75. The Morgan fingerprint density at radius 2 is 1.26 bits per heavy atom. The molecule has 0 aliphatic carbocycles. The maximum absolute atomic E-state index is 12.5. The molecular formula is C34H55N3O5. The number of carbonyl (C=O) groups excluding carboxylic acids is 4. The molecule has 2 heterocycles. The van der Waals surface area contributed by atoms with E-state index < -0.39 is 27.5 Å². The highest BCUT2D eigenvalue weighted by Crippen LogP contribution is 2.36. The molecule has 1 aromatic rings. The van der Waals surface area contributed by atoms with Crippen molar-refractivity contribution in [2.24, 2.45) is 10.8 Å². The normalized spacial score (nSPS) is 20.7. The quantitative estimate of drug-likeness (QED) is 0.384. The number of nitrogens with one attached hydrogen (secondary N) is 1. The fourth-order valence-corrected chi connectivity index (χ4v) is 5.22. The molecule has 2 aliphatic rings. The molecule has 1 N–H and O–H groups in total. The van der Waals surface area contributed by atoms with Gasteiger partial charge in [-0.25, -0.2) is 9.59 Å². The molecule has 0 saturated carbocycles. The van der Waals surface area contributed by atoms with Crippen LogP contribution in [-0.2, 0) is 20.7 Å². The first-order valence-corrected chi connectivity index (χ1v) is 15.2. The van der Waals surface area contributed by atoms with Crippen LogP contribution in [0.15, 0.2) is 30.3 Å². The SMILES string of the molecule is CC(C)(C)OC(=O)N1CC(C)(C)C(=O)CC1(C)C.CC1(C)CN(C(=O)NCCCCc2ccccc2)C(C)(C)CC1=O. The number of hydrogen-bond acceptors (Lipinski definition) is 5. The van der Waals surface area contributed by atoms with Gasteiger partial charge in [-0.05, 0) is 73.3 Å². The van der Waals surface area contributed by atoms with Crippen LogP contribution in [0.25, 0.3) is 0 Å². The summed E-state index contributed by atoms with van der Waals surface area (Å²) in [7, 11) is 0. The van der Waals surface area contributed by atoms with Gasteiger partial charge in [0, 0.05) is 54.4 Å². The number of hydrogen-bond donors (Lipinski definition) is 1. The number of ether oxygens (including phenoxy) is 1. The Morgan fingerprint density at radius 3 is 1.76 bits per heavy atom. The Morgan fingerprint density at radius 1 is 0.786 bits per heavy atom. The van der Waals surface area contributed by atoms with Crippen molar-refractivity contribution in [3.8, 4) is 0 Å². The van der Waals surface area contributed by atoms with Crippen molar-refractivity contribution >= 4 is 23.7 Å². The second kappa shape index (κ2) is 13.2. The highest BCUT2D eigenvalue weighted by atomic mass is 16.6. The molecule has 8 heteroatoms. The molecule has 0 atom stereocenters. The lowest BCUT2D eigenvalue weighted by Crippen LogP contribution is -2.61. The first kappa shape index (κ1) is 35.3. The zero-order chi connectivity index (χ0) is 32.1. The summed E-state index contributed by atoms with van der Waals surface area (Å²) >= 11 is 0. The Balaban J connectivity index is 0.000000307. The van der Waals surface area contributed by atoms with Crippen LogP contribution in [0, 0.1) is 10.8 Å². The maximum Gasteiger partial charge on any atom is 0.410 e. The van der Waals surface area contributed by atoms with Crippen molar-refractivity contribution in [3.05, 3.63) is 35.9 Å². The van der Waals surface area contributed by atoms with E-state index in [1.54, 1.807) is 4.90 Å². The van der Waals surface area contributed by atoms with E-state index in [-0.39, 0.29) is 23.7 Å². The van der Waals surface area contributed by atoms with Gasteiger partial charge in [-0.15, -0.1) is 0 Å². The summed E-state index contributed by atoms with van der Waals surface area (Å²) in [5.41, 5.74) is -1.03.